The van der Waals surface area contributed by atoms with E-state index < -0.39 is 11.7 Å². The van der Waals surface area contributed by atoms with E-state index >= 15 is 0 Å². The lowest BCUT2D eigenvalue weighted by molar-refractivity contribution is -0.137. The van der Waals surface area contributed by atoms with Crippen LogP contribution in [0.3, 0.4) is 0 Å². The highest BCUT2D eigenvalue weighted by Gasteiger charge is 2.30. The Morgan fingerprint density at radius 3 is 2.28 bits per heavy atom. The van der Waals surface area contributed by atoms with Crippen molar-refractivity contribution in [2.75, 3.05) is 36.5 Å². The number of ether oxygens (including phenoxy) is 1. The molecule has 1 aliphatic heterocycles. The fourth-order valence-electron chi connectivity index (χ4n) is 4.09. The molecule has 9 heteroatoms. The van der Waals surface area contributed by atoms with E-state index in [1.165, 1.54) is 18.3 Å². The molecule has 188 valence electrons. The molecule has 1 aliphatic rings. The molecule has 1 saturated heterocycles. The van der Waals surface area contributed by atoms with Crippen LogP contribution in [-0.4, -0.2) is 36.3 Å². The molecule has 2 aromatic carbocycles. The number of nitrogens with zero attached hydrogens (tertiary/aromatic N) is 2. The van der Waals surface area contributed by atoms with Crippen molar-refractivity contribution in [3.63, 3.8) is 0 Å². The zero-order valence-corrected chi connectivity index (χ0v) is 20.0. The van der Waals surface area contributed by atoms with E-state index in [1.54, 1.807) is 12.3 Å². The standard InChI is InChI=1S/C25H21F3N4O2.C2H6/c26-25(27,28)17-3-1-16(2-4-17)21-15-30-24(33)22-20(21)9-10-29-23(22)31-18-5-7-19(8-6-18)32-11-13-34-14-12-32;1-2/h1-10,15H,11-14H2,(H,29,31)(H,30,33);1-2H3. The molecule has 2 N–H and O–H groups in total. The fourth-order valence-corrected chi connectivity index (χ4v) is 4.09. The Hall–Kier alpha value is -3.85. The molecule has 4 aromatic rings. The number of morpholine rings is 1. The summed E-state index contributed by atoms with van der Waals surface area (Å²) in [5.74, 6) is 0.367. The largest absolute Gasteiger partial charge is 0.416 e. The molecule has 0 saturated carbocycles. The van der Waals surface area contributed by atoms with Crippen LogP contribution in [0.5, 0.6) is 0 Å². The Morgan fingerprint density at radius 1 is 0.972 bits per heavy atom. The minimum absolute atomic E-state index is 0.331. The second-order valence-corrected chi connectivity index (χ2v) is 7.96. The Labute approximate surface area is 206 Å². The Balaban J connectivity index is 0.00000148. The summed E-state index contributed by atoms with van der Waals surface area (Å²) in [5, 5.41) is 4.12. The molecule has 0 atom stereocenters. The van der Waals surface area contributed by atoms with Gasteiger partial charge in [-0.3, -0.25) is 4.79 Å². The number of alkyl halides is 3. The highest BCUT2D eigenvalue weighted by atomic mass is 19.4. The predicted octanol–water partition coefficient (Wildman–Crippen LogP) is 6.22. The number of H-pyrrole nitrogens is 1. The van der Waals surface area contributed by atoms with E-state index in [0.717, 1.165) is 36.6 Å². The van der Waals surface area contributed by atoms with E-state index in [-0.39, 0.29) is 5.56 Å². The summed E-state index contributed by atoms with van der Waals surface area (Å²) >= 11 is 0. The number of aromatic nitrogens is 2. The van der Waals surface area contributed by atoms with Crippen molar-refractivity contribution in [1.29, 1.82) is 0 Å². The van der Waals surface area contributed by atoms with Crippen LogP contribution >= 0.6 is 0 Å². The van der Waals surface area contributed by atoms with E-state index in [9.17, 15) is 18.0 Å². The molecular formula is C27H27F3N4O2. The maximum Gasteiger partial charge on any atom is 0.416 e. The number of fused-ring (bicyclic) bond motifs is 1. The first-order valence-corrected chi connectivity index (χ1v) is 11.8. The number of benzene rings is 2. The summed E-state index contributed by atoms with van der Waals surface area (Å²) in [5.41, 5.74) is 1.94. The topological polar surface area (TPSA) is 70.2 Å². The number of hydrogen-bond acceptors (Lipinski definition) is 5. The van der Waals surface area contributed by atoms with Crippen molar-refractivity contribution >= 4 is 28.0 Å². The number of hydrogen-bond donors (Lipinski definition) is 2. The van der Waals surface area contributed by atoms with E-state index in [1.807, 2.05) is 38.1 Å². The van der Waals surface area contributed by atoms with Gasteiger partial charge in [0.15, 0.2) is 0 Å². The van der Waals surface area contributed by atoms with Crippen molar-refractivity contribution in [3.05, 3.63) is 82.9 Å². The minimum Gasteiger partial charge on any atom is -0.378 e. The first-order chi connectivity index (χ1) is 17.4. The van der Waals surface area contributed by atoms with Crippen LogP contribution in [0.1, 0.15) is 19.4 Å². The van der Waals surface area contributed by atoms with Gasteiger partial charge in [-0.05, 0) is 48.0 Å². The van der Waals surface area contributed by atoms with Crippen molar-refractivity contribution in [1.82, 2.24) is 9.97 Å². The molecular weight excluding hydrogens is 469 g/mol. The summed E-state index contributed by atoms with van der Waals surface area (Å²) in [6.45, 7) is 7.06. The molecule has 0 aliphatic carbocycles. The van der Waals surface area contributed by atoms with Crippen LogP contribution in [0.2, 0.25) is 0 Å². The number of aromatic amines is 1. The summed E-state index contributed by atoms with van der Waals surface area (Å²) in [6, 6.07) is 14.4. The second-order valence-electron chi connectivity index (χ2n) is 7.96. The number of anilines is 3. The SMILES string of the molecule is CC.O=c1[nH]cc(-c2ccc(C(F)(F)F)cc2)c2ccnc(Nc3ccc(N4CCOCC4)cc3)c12. The fraction of sp³-hybridized carbons (Fsp3) is 0.259. The van der Waals surface area contributed by atoms with Gasteiger partial charge in [0, 0.05) is 47.8 Å². The smallest absolute Gasteiger partial charge is 0.378 e. The third-order valence-electron chi connectivity index (χ3n) is 5.85. The van der Waals surface area contributed by atoms with Gasteiger partial charge in [0.05, 0.1) is 24.2 Å². The van der Waals surface area contributed by atoms with E-state index in [0.29, 0.717) is 40.9 Å². The molecule has 2 aromatic heterocycles. The first kappa shape index (κ1) is 25.2. The number of pyridine rings is 2. The molecule has 0 spiro atoms. The van der Waals surface area contributed by atoms with Gasteiger partial charge in [-0.25, -0.2) is 4.98 Å². The van der Waals surface area contributed by atoms with Gasteiger partial charge in [-0.15, -0.1) is 0 Å². The van der Waals surface area contributed by atoms with Gasteiger partial charge in [0.25, 0.3) is 5.56 Å². The monoisotopic (exact) mass is 496 g/mol. The normalized spacial score (nSPS) is 13.8. The van der Waals surface area contributed by atoms with Crippen LogP contribution in [0.25, 0.3) is 21.9 Å². The van der Waals surface area contributed by atoms with E-state index in [2.05, 4.69) is 20.2 Å². The van der Waals surface area contributed by atoms with Crippen molar-refractivity contribution in [2.45, 2.75) is 20.0 Å². The highest BCUT2D eigenvalue weighted by Crippen LogP contribution is 2.33. The minimum atomic E-state index is -4.41. The summed E-state index contributed by atoms with van der Waals surface area (Å²) in [4.78, 5) is 22.0. The predicted molar refractivity (Wildman–Crippen MR) is 137 cm³/mol. The van der Waals surface area contributed by atoms with Crippen LogP contribution in [0.15, 0.2) is 71.8 Å². The zero-order chi connectivity index (χ0) is 25.7. The average Bonchev–Trinajstić information content (AvgIpc) is 2.91. The Kier molecular flexibility index (Phi) is 7.59. The summed E-state index contributed by atoms with van der Waals surface area (Å²) in [7, 11) is 0. The Morgan fingerprint density at radius 2 is 1.64 bits per heavy atom. The maximum atomic E-state index is 12.9. The Bertz CT molecular complexity index is 1360. The van der Waals surface area contributed by atoms with Crippen LogP contribution in [0, 0.1) is 0 Å². The van der Waals surface area contributed by atoms with Gasteiger partial charge < -0.3 is 19.9 Å². The first-order valence-electron chi connectivity index (χ1n) is 11.8. The average molecular weight is 497 g/mol. The van der Waals surface area contributed by atoms with Crippen LogP contribution in [0.4, 0.5) is 30.4 Å². The van der Waals surface area contributed by atoms with Gasteiger partial charge in [0.1, 0.15) is 5.82 Å². The molecule has 3 heterocycles. The summed E-state index contributed by atoms with van der Waals surface area (Å²) in [6.07, 6.45) is -1.34. The second kappa shape index (κ2) is 10.8. The lowest BCUT2D eigenvalue weighted by Gasteiger charge is -2.28. The van der Waals surface area contributed by atoms with Crippen LogP contribution < -0.4 is 15.8 Å². The molecule has 36 heavy (non-hydrogen) atoms. The number of halogens is 3. The highest BCUT2D eigenvalue weighted by molar-refractivity contribution is 6.01. The molecule has 5 rings (SSSR count). The van der Waals surface area contributed by atoms with Gasteiger partial charge >= 0.3 is 6.18 Å². The van der Waals surface area contributed by atoms with Gasteiger partial charge in [0.2, 0.25) is 0 Å². The number of nitrogens with one attached hydrogen (secondary N) is 2. The molecule has 1 fully saturated rings. The van der Waals surface area contributed by atoms with E-state index in [4.69, 9.17) is 4.74 Å². The third-order valence-corrected chi connectivity index (χ3v) is 5.85. The molecule has 0 bridgehead atoms. The lowest BCUT2D eigenvalue weighted by atomic mass is 10.0. The quantitative estimate of drug-likeness (QED) is 0.351. The molecule has 0 amide bonds. The third kappa shape index (κ3) is 5.36. The lowest BCUT2D eigenvalue weighted by Crippen LogP contribution is -2.36. The maximum absolute atomic E-state index is 12.9. The number of rotatable bonds is 4. The van der Waals surface area contributed by atoms with Gasteiger partial charge in [-0.2, -0.15) is 13.2 Å². The van der Waals surface area contributed by atoms with Gasteiger partial charge in [-0.1, -0.05) is 26.0 Å². The van der Waals surface area contributed by atoms with Crippen molar-refractivity contribution in [2.24, 2.45) is 0 Å². The zero-order valence-electron chi connectivity index (χ0n) is 20.0. The molecule has 0 unspecified atom stereocenters. The summed E-state index contributed by atoms with van der Waals surface area (Å²) < 4.78 is 44.2. The van der Waals surface area contributed by atoms with Crippen LogP contribution in [-0.2, 0) is 10.9 Å². The van der Waals surface area contributed by atoms with Crippen molar-refractivity contribution < 1.29 is 17.9 Å². The molecule has 0 radical (unpaired) electrons. The molecule has 6 nitrogen and oxygen atoms in total. The van der Waals surface area contributed by atoms with Crippen molar-refractivity contribution in [3.8, 4) is 11.1 Å².